The normalized spacial score (nSPS) is 10.8. The Morgan fingerprint density at radius 3 is 2.81 bits per heavy atom. The van der Waals surface area contributed by atoms with Crippen molar-refractivity contribution in [2.45, 2.75) is 26.2 Å². The summed E-state index contributed by atoms with van der Waals surface area (Å²) < 4.78 is 1.16. The summed E-state index contributed by atoms with van der Waals surface area (Å²) in [6.45, 7) is 2.15. The number of carbonyl (C=O) groups excluding carboxylic acids is 1. The highest BCUT2D eigenvalue weighted by Crippen LogP contribution is 2.31. The molecule has 0 saturated carbocycles. The van der Waals surface area contributed by atoms with E-state index in [2.05, 4.69) is 13.0 Å². The number of unbranched alkanes of at least 4 members (excludes halogenated alkanes) is 1. The summed E-state index contributed by atoms with van der Waals surface area (Å²) >= 11 is 1.51. The van der Waals surface area contributed by atoms with Gasteiger partial charge in [0, 0.05) is 4.70 Å². The first-order valence-electron chi connectivity index (χ1n) is 5.54. The molecule has 0 aliphatic carbocycles. The van der Waals surface area contributed by atoms with Crippen LogP contribution >= 0.6 is 11.3 Å². The lowest BCUT2D eigenvalue weighted by Gasteiger charge is -2.00. The molecule has 0 bridgehead atoms. The van der Waals surface area contributed by atoms with E-state index in [4.69, 9.17) is 5.73 Å². The van der Waals surface area contributed by atoms with Gasteiger partial charge in [-0.3, -0.25) is 4.79 Å². The van der Waals surface area contributed by atoms with Crippen LogP contribution in [0.4, 0.5) is 0 Å². The van der Waals surface area contributed by atoms with E-state index in [1.165, 1.54) is 16.7 Å². The number of fused-ring (bicyclic) bond motifs is 1. The fourth-order valence-electron chi connectivity index (χ4n) is 1.90. The maximum absolute atomic E-state index is 11.4. The van der Waals surface area contributed by atoms with Crippen LogP contribution < -0.4 is 5.73 Å². The zero-order valence-electron chi connectivity index (χ0n) is 9.32. The molecule has 0 fully saturated rings. The number of hydrogen-bond acceptors (Lipinski definition) is 2. The van der Waals surface area contributed by atoms with Crippen LogP contribution in [0.5, 0.6) is 0 Å². The van der Waals surface area contributed by atoms with Crippen LogP contribution in [0.15, 0.2) is 24.3 Å². The molecule has 1 aromatic carbocycles. The van der Waals surface area contributed by atoms with Crippen LogP contribution in [0.2, 0.25) is 0 Å². The SMILES string of the molecule is CCCCc1c(C(N)=O)sc2ccccc12. The second-order valence-corrected chi connectivity index (χ2v) is 4.93. The van der Waals surface area contributed by atoms with E-state index in [1.54, 1.807) is 0 Å². The Labute approximate surface area is 99.1 Å². The number of nitrogens with two attached hydrogens (primary N) is 1. The summed E-state index contributed by atoms with van der Waals surface area (Å²) in [5.41, 5.74) is 6.56. The molecule has 1 amide bonds. The van der Waals surface area contributed by atoms with E-state index >= 15 is 0 Å². The van der Waals surface area contributed by atoms with Crippen LogP contribution in [0.3, 0.4) is 0 Å². The smallest absolute Gasteiger partial charge is 0.259 e. The van der Waals surface area contributed by atoms with Crippen molar-refractivity contribution < 1.29 is 4.79 Å². The van der Waals surface area contributed by atoms with Crippen molar-refractivity contribution in [3.63, 3.8) is 0 Å². The number of rotatable bonds is 4. The first-order chi connectivity index (χ1) is 7.74. The van der Waals surface area contributed by atoms with E-state index in [-0.39, 0.29) is 5.91 Å². The molecule has 0 unspecified atom stereocenters. The molecule has 0 atom stereocenters. The zero-order valence-corrected chi connectivity index (χ0v) is 10.1. The lowest BCUT2D eigenvalue weighted by molar-refractivity contribution is 0.100. The van der Waals surface area contributed by atoms with E-state index in [0.29, 0.717) is 0 Å². The Balaban J connectivity index is 2.55. The maximum Gasteiger partial charge on any atom is 0.259 e. The van der Waals surface area contributed by atoms with Gasteiger partial charge in [0.1, 0.15) is 0 Å². The van der Waals surface area contributed by atoms with E-state index in [9.17, 15) is 4.79 Å². The minimum Gasteiger partial charge on any atom is -0.365 e. The number of aryl methyl sites for hydroxylation is 1. The molecule has 1 aromatic heterocycles. The summed E-state index contributed by atoms with van der Waals surface area (Å²) in [6.07, 6.45) is 3.17. The third kappa shape index (κ3) is 1.95. The van der Waals surface area contributed by atoms with E-state index in [1.807, 2.05) is 18.2 Å². The third-order valence-corrected chi connectivity index (χ3v) is 3.93. The first-order valence-corrected chi connectivity index (χ1v) is 6.36. The highest BCUT2D eigenvalue weighted by atomic mass is 32.1. The van der Waals surface area contributed by atoms with Crippen molar-refractivity contribution >= 4 is 27.3 Å². The number of benzene rings is 1. The molecule has 0 radical (unpaired) electrons. The molecule has 2 rings (SSSR count). The van der Waals surface area contributed by atoms with Crippen molar-refractivity contribution in [3.8, 4) is 0 Å². The number of thiophene rings is 1. The van der Waals surface area contributed by atoms with Gasteiger partial charge in [-0.05, 0) is 29.9 Å². The lowest BCUT2D eigenvalue weighted by atomic mass is 10.0. The third-order valence-electron chi connectivity index (χ3n) is 2.70. The molecular weight excluding hydrogens is 218 g/mol. The van der Waals surface area contributed by atoms with Gasteiger partial charge < -0.3 is 5.73 Å². The maximum atomic E-state index is 11.4. The Morgan fingerprint density at radius 2 is 2.12 bits per heavy atom. The zero-order chi connectivity index (χ0) is 11.5. The molecule has 84 valence electrons. The van der Waals surface area contributed by atoms with E-state index < -0.39 is 0 Å². The average Bonchev–Trinajstić information content (AvgIpc) is 2.65. The molecule has 0 spiro atoms. The van der Waals surface area contributed by atoms with Gasteiger partial charge in [-0.15, -0.1) is 11.3 Å². The predicted octanol–water partition coefficient (Wildman–Crippen LogP) is 3.34. The van der Waals surface area contributed by atoms with Crippen molar-refractivity contribution in [3.05, 3.63) is 34.7 Å². The van der Waals surface area contributed by atoms with Gasteiger partial charge in [-0.2, -0.15) is 0 Å². The quantitative estimate of drug-likeness (QED) is 0.864. The lowest BCUT2D eigenvalue weighted by Crippen LogP contribution is -2.11. The standard InChI is InChI=1S/C13H15NOS/c1-2-3-6-10-9-7-4-5-8-11(9)16-12(10)13(14)15/h4-5,7-8H,2-3,6H2,1H3,(H2,14,15). The molecule has 16 heavy (non-hydrogen) atoms. The minimum atomic E-state index is -0.299. The second-order valence-electron chi connectivity index (χ2n) is 3.87. The van der Waals surface area contributed by atoms with Gasteiger partial charge >= 0.3 is 0 Å². The summed E-state index contributed by atoms with van der Waals surface area (Å²) in [4.78, 5) is 12.1. The highest BCUT2D eigenvalue weighted by Gasteiger charge is 2.14. The van der Waals surface area contributed by atoms with Gasteiger partial charge in [-0.1, -0.05) is 31.5 Å². The van der Waals surface area contributed by atoms with Crippen molar-refractivity contribution in [1.29, 1.82) is 0 Å². The predicted molar refractivity (Wildman–Crippen MR) is 69.0 cm³/mol. The molecular formula is C13H15NOS. The monoisotopic (exact) mass is 233 g/mol. The molecule has 3 heteroatoms. The Kier molecular flexibility index (Phi) is 3.25. The summed E-state index contributed by atoms with van der Waals surface area (Å²) in [5, 5.41) is 1.19. The molecule has 2 N–H and O–H groups in total. The second kappa shape index (κ2) is 4.66. The number of carbonyl (C=O) groups is 1. The topological polar surface area (TPSA) is 43.1 Å². The van der Waals surface area contributed by atoms with Crippen LogP contribution in [0, 0.1) is 0 Å². The summed E-state index contributed by atoms with van der Waals surface area (Å²) in [5.74, 6) is -0.299. The Bertz CT molecular complexity index is 516. The van der Waals surface area contributed by atoms with Crippen molar-refractivity contribution in [2.75, 3.05) is 0 Å². The van der Waals surface area contributed by atoms with Crippen LogP contribution in [0.25, 0.3) is 10.1 Å². The van der Waals surface area contributed by atoms with Crippen LogP contribution in [-0.2, 0) is 6.42 Å². The van der Waals surface area contributed by atoms with Gasteiger partial charge in [-0.25, -0.2) is 0 Å². The molecule has 0 aliphatic rings. The fourth-order valence-corrected chi connectivity index (χ4v) is 3.00. The highest BCUT2D eigenvalue weighted by molar-refractivity contribution is 7.21. The largest absolute Gasteiger partial charge is 0.365 e. The van der Waals surface area contributed by atoms with Gasteiger partial charge in [0.2, 0.25) is 0 Å². The Hall–Kier alpha value is -1.35. The number of hydrogen-bond donors (Lipinski definition) is 1. The molecule has 0 saturated heterocycles. The van der Waals surface area contributed by atoms with Gasteiger partial charge in [0.05, 0.1) is 4.88 Å². The van der Waals surface area contributed by atoms with Gasteiger partial charge in [0.15, 0.2) is 0 Å². The van der Waals surface area contributed by atoms with Crippen molar-refractivity contribution in [2.24, 2.45) is 5.73 Å². The van der Waals surface area contributed by atoms with Gasteiger partial charge in [0.25, 0.3) is 5.91 Å². The molecule has 2 aromatic rings. The molecule has 1 heterocycles. The van der Waals surface area contributed by atoms with E-state index in [0.717, 1.165) is 34.4 Å². The van der Waals surface area contributed by atoms with Crippen molar-refractivity contribution in [1.82, 2.24) is 0 Å². The fraction of sp³-hybridized carbons (Fsp3) is 0.308. The minimum absolute atomic E-state index is 0.299. The Morgan fingerprint density at radius 1 is 1.38 bits per heavy atom. The number of amides is 1. The first kappa shape index (κ1) is 11.1. The average molecular weight is 233 g/mol. The summed E-state index contributed by atoms with van der Waals surface area (Å²) in [7, 11) is 0. The molecule has 0 aliphatic heterocycles. The number of primary amides is 1. The van der Waals surface area contributed by atoms with Crippen LogP contribution in [0.1, 0.15) is 35.0 Å². The summed E-state index contributed by atoms with van der Waals surface area (Å²) in [6, 6.07) is 8.12. The van der Waals surface area contributed by atoms with Crippen LogP contribution in [-0.4, -0.2) is 5.91 Å². The molecule has 2 nitrogen and oxygen atoms in total.